The van der Waals surface area contributed by atoms with Crippen LogP contribution in [0.3, 0.4) is 0 Å². The Morgan fingerprint density at radius 3 is 2.28 bits per heavy atom. The highest BCUT2D eigenvalue weighted by molar-refractivity contribution is 6.07. The summed E-state index contributed by atoms with van der Waals surface area (Å²) in [6, 6.07) is 13.0. The van der Waals surface area contributed by atoms with Gasteiger partial charge in [0.15, 0.2) is 5.78 Å². The number of aromatic nitrogens is 1. The van der Waals surface area contributed by atoms with Gasteiger partial charge in [-0.1, -0.05) is 29.8 Å². The van der Waals surface area contributed by atoms with Crippen molar-refractivity contribution in [3.05, 3.63) is 91.9 Å². The number of carbonyl (C=O) groups excluding carboxylic acids is 2. The molecule has 1 aliphatic rings. The van der Waals surface area contributed by atoms with E-state index in [1.165, 1.54) is 6.07 Å². The van der Waals surface area contributed by atoms with E-state index in [2.05, 4.69) is 10.3 Å². The summed E-state index contributed by atoms with van der Waals surface area (Å²) in [6.07, 6.45) is 0.851. The predicted molar refractivity (Wildman–Crippen MR) is 124 cm³/mol. The molecule has 6 heteroatoms. The van der Waals surface area contributed by atoms with Crippen molar-refractivity contribution >= 4 is 17.4 Å². The normalized spacial score (nSPS) is 15.2. The molecule has 2 aromatic carbocycles. The van der Waals surface area contributed by atoms with E-state index in [4.69, 9.17) is 4.74 Å². The van der Waals surface area contributed by atoms with Gasteiger partial charge in [0.2, 0.25) is 0 Å². The molecule has 1 heterocycles. The van der Waals surface area contributed by atoms with Gasteiger partial charge in [0.05, 0.1) is 7.11 Å². The molecule has 1 aliphatic carbocycles. The molecule has 0 spiro atoms. The molecular weight excluding hydrogens is 404 g/mol. The number of hydrogen-bond acceptors (Lipinski definition) is 4. The van der Waals surface area contributed by atoms with E-state index >= 15 is 0 Å². The van der Waals surface area contributed by atoms with Crippen molar-refractivity contribution in [1.29, 1.82) is 0 Å². The third-order valence-corrected chi connectivity index (χ3v) is 6.05. The molecule has 2 N–H and O–H groups in total. The number of aryl methyl sites for hydroxylation is 3. The van der Waals surface area contributed by atoms with Gasteiger partial charge < -0.3 is 15.0 Å². The third kappa shape index (κ3) is 4.08. The largest absolute Gasteiger partial charge is 0.497 e. The number of ketones is 1. The van der Waals surface area contributed by atoms with Crippen LogP contribution in [-0.4, -0.2) is 23.8 Å². The Balaban J connectivity index is 1.62. The van der Waals surface area contributed by atoms with Crippen molar-refractivity contribution in [2.24, 2.45) is 0 Å². The monoisotopic (exact) mass is 430 g/mol. The lowest BCUT2D eigenvalue weighted by atomic mass is 9.81. The minimum Gasteiger partial charge on any atom is -0.497 e. The first-order valence-corrected chi connectivity index (χ1v) is 10.6. The fourth-order valence-electron chi connectivity index (χ4n) is 4.47. The highest BCUT2D eigenvalue weighted by Gasteiger charge is 2.29. The van der Waals surface area contributed by atoms with Gasteiger partial charge in [-0.2, -0.15) is 0 Å². The number of hydrogen-bond donors (Lipinski definition) is 2. The van der Waals surface area contributed by atoms with Crippen LogP contribution in [0, 0.1) is 20.8 Å². The number of benzene rings is 2. The first-order valence-electron chi connectivity index (χ1n) is 10.6. The van der Waals surface area contributed by atoms with Crippen LogP contribution in [0.25, 0.3) is 0 Å². The number of aromatic amines is 1. The maximum Gasteiger partial charge on any atom is 0.261 e. The Labute approximate surface area is 186 Å². The Bertz CT molecular complexity index is 1250. The topological polar surface area (TPSA) is 88.3 Å². The van der Waals surface area contributed by atoms with Crippen LogP contribution in [0.4, 0.5) is 5.69 Å². The summed E-state index contributed by atoms with van der Waals surface area (Å²) < 4.78 is 5.20. The van der Waals surface area contributed by atoms with Gasteiger partial charge >= 0.3 is 0 Å². The molecule has 0 radical (unpaired) electrons. The number of nitrogens with one attached hydrogen (secondary N) is 2. The van der Waals surface area contributed by atoms with Crippen LogP contribution in [0.2, 0.25) is 0 Å². The number of rotatable bonds is 4. The second-order valence-electron chi connectivity index (χ2n) is 8.43. The summed E-state index contributed by atoms with van der Waals surface area (Å²) in [4.78, 5) is 41.3. The molecule has 1 atom stereocenters. The summed E-state index contributed by atoms with van der Waals surface area (Å²) in [5, 5.41) is 2.85. The summed E-state index contributed by atoms with van der Waals surface area (Å²) >= 11 is 0. The van der Waals surface area contributed by atoms with Crippen LogP contribution < -0.4 is 15.6 Å². The van der Waals surface area contributed by atoms with Gasteiger partial charge in [0.25, 0.3) is 11.5 Å². The third-order valence-electron chi connectivity index (χ3n) is 6.05. The maximum absolute atomic E-state index is 12.9. The smallest absolute Gasteiger partial charge is 0.261 e. The Morgan fingerprint density at radius 2 is 1.66 bits per heavy atom. The number of Topliss-reactive ketones (excluding diaryl/α,β-unsaturated/α-hetero) is 1. The van der Waals surface area contributed by atoms with Gasteiger partial charge in [-0.15, -0.1) is 0 Å². The van der Waals surface area contributed by atoms with E-state index in [0.717, 1.165) is 28.0 Å². The minimum atomic E-state index is -0.519. The lowest BCUT2D eigenvalue weighted by Crippen LogP contribution is -2.29. The summed E-state index contributed by atoms with van der Waals surface area (Å²) in [5.41, 5.74) is 5.07. The van der Waals surface area contributed by atoms with Crippen LogP contribution in [-0.2, 0) is 6.42 Å². The van der Waals surface area contributed by atoms with Gasteiger partial charge in [-0.25, -0.2) is 0 Å². The number of fused-ring (bicyclic) bond motifs is 1. The zero-order valence-electron chi connectivity index (χ0n) is 18.7. The fraction of sp³-hybridized carbons (Fsp3) is 0.269. The van der Waals surface area contributed by atoms with E-state index in [-0.39, 0.29) is 17.3 Å². The number of anilines is 1. The Kier molecular flexibility index (Phi) is 5.70. The molecule has 0 saturated heterocycles. The number of ether oxygens (including phenoxy) is 1. The lowest BCUT2D eigenvalue weighted by Gasteiger charge is -2.24. The number of carbonyl (C=O) groups is 2. The van der Waals surface area contributed by atoms with Gasteiger partial charge in [-0.3, -0.25) is 14.4 Å². The van der Waals surface area contributed by atoms with Crippen molar-refractivity contribution < 1.29 is 14.3 Å². The molecule has 0 fully saturated rings. The Hall–Kier alpha value is -3.67. The summed E-state index contributed by atoms with van der Waals surface area (Å²) in [5.74, 6) is 0.114. The number of pyridine rings is 1. The highest BCUT2D eigenvalue weighted by Crippen LogP contribution is 2.32. The van der Waals surface area contributed by atoms with Gasteiger partial charge in [0.1, 0.15) is 11.3 Å². The van der Waals surface area contributed by atoms with Gasteiger partial charge in [-0.05, 0) is 68.0 Å². The quantitative estimate of drug-likeness (QED) is 0.639. The molecule has 6 nitrogen and oxygen atoms in total. The molecule has 3 aromatic rings. The first kappa shape index (κ1) is 21.6. The minimum absolute atomic E-state index is 0.0332. The number of H-pyrrole nitrogens is 1. The first-order chi connectivity index (χ1) is 15.3. The molecule has 0 saturated carbocycles. The molecule has 1 amide bonds. The van der Waals surface area contributed by atoms with Crippen LogP contribution in [0.5, 0.6) is 5.75 Å². The van der Waals surface area contributed by atoms with E-state index in [9.17, 15) is 14.4 Å². The zero-order chi connectivity index (χ0) is 23.0. The van der Waals surface area contributed by atoms with E-state index in [1.54, 1.807) is 7.11 Å². The van der Waals surface area contributed by atoms with E-state index < -0.39 is 11.5 Å². The molecule has 164 valence electrons. The molecule has 0 aliphatic heterocycles. The Morgan fingerprint density at radius 1 is 1.00 bits per heavy atom. The van der Waals surface area contributed by atoms with Crippen LogP contribution in [0.1, 0.15) is 61.0 Å². The highest BCUT2D eigenvalue weighted by atomic mass is 16.5. The second kappa shape index (κ2) is 8.46. The SMILES string of the molecule is COc1ccc(C2CC(=O)c3cc(C(=O)Nc4c(C)cc(C)cc4C)c(=O)[nH]c3C2)cc1. The van der Waals surface area contributed by atoms with E-state index in [1.807, 2.05) is 57.2 Å². The zero-order valence-corrected chi connectivity index (χ0v) is 18.7. The predicted octanol–water partition coefficient (Wildman–Crippen LogP) is 4.47. The van der Waals surface area contributed by atoms with Crippen molar-refractivity contribution in [2.75, 3.05) is 12.4 Å². The molecule has 32 heavy (non-hydrogen) atoms. The molecule has 0 bridgehead atoms. The van der Waals surface area contributed by atoms with Crippen molar-refractivity contribution in [3.63, 3.8) is 0 Å². The number of methoxy groups -OCH3 is 1. The van der Waals surface area contributed by atoms with Crippen LogP contribution >= 0.6 is 0 Å². The second-order valence-corrected chi connectivity index (χ2v) is 8.43. The standard InChI is InChI=1S/C26H26N2O4/c1-14-9-15(2)24(16(3)10-14)28-26(31)21-13-20-22(27-25(21)30)11-18(12-23(20)29)17-5-7-19(32-4)8-6-17/h5-10,13,18H,11-12H2,1-4H3,(H,27,30)(H,28,31). The summed E-state index contributed by atoms with van der Waals surface area (Å²) in [7, 11) is 1.61. The van der Waals surface area contributed by atoms with Crippen LogP contribution in [0.15, 0.2) is 47.3 Å². The van der Waals surface area contributed by atoms with Gasteiger partial charge in [0, 0.05) is 23.4 Å². The van der Waals surface area contributed by atoms with Crippen molar-refractivity contribution in [3.8, 4) is 5.75 Å². The fourth-order valence-corrected chi connectivity index (χ4v) is 4.47. The molecule has 1 unspecified atom stereocenters. The van der Waals surface area contributed by atoms with Crippen molar-refractivity contribution in [2.45, 2.75) is 39.5 Å². The average Bonchev–Trinajstić information content (AvgIpc) is 2.75. The molecule has 4 rings (SSSR count). The van der Waals surface area contributed by atoms with E-state index in [0.29, 0.717) is 29.8 Å². The summed E-state index contributed by atoms with van der Waals surface area (Å²) in [6.45, 7) is 5.82. The van der Waals surface area contributed by atoms with Crippen molar-refractivity contribution in [1.82, 2.24) is 4.98 Å². The maximum atomic E-state index is 12.9. The molecular formula is C26H26N2O4. The molecule has 1 aromatic heterocycles. The lowest BCUT2D eigenvalue weighted by molar-refractivity contribution is 0.0963. The number of amides is 1. The average molecular weight is 431 g/mol.